The van der Waals surface area contributed by atoms with Gasteiger partial charge >= 0.3 is 0 Å². The van der Waals surface area contributed by atoms with Crippen LogP contribution in [0.5, 0.6) is 0 Å². The molecule has 4 rings (SSSR count). The number of halogens is 1. The molecular weight excluding hydrogens is 377 g/mol. The summed E-state index contributed by atoms with van der Waals surface area (Å²) in [5.74, 6) is -1.78. The van der Waals surface area contributed by atoms with E-state index in [1.54, 1.807) is 0 Å². The highest BCUT2D eigenvalue weighted by Crippen LogP contribution is 2.31. The molecule has 8 nitrogen and oxygen atoms in total. The number of hydrogen-bond donors (Lipinski definition) is 3. The minimum Gasteiger partial charge on any atom is -0.340 e. The molecule has 3 N–H and O–H groups in total. The highest BCUT2D eigenvalue weighted by atomic mass is 19.1. The lowest BCUT2D eigenvalue weighted by molar-refractivity contribution is -0.123. The summed E-state index contributed by atoms with van der Waals surface area (Å²) in [6, 6.07) is 5.50. The number of rotatable bonds is 3. The van der Waals surface area contributed by atoms with Crippen LogP contribution in [0.4, 0.5) is 21.8 Å². The maximum Gasteiger partial charge on any atom is 0.258 e. The molecule has 0 saturated carbocycles. The first-order chi connectivity index (χ1) is 13.9. The van der Waals surface area contributed by atoms with E-state index in [2.05, 4.69) is 27.5 Å². The number of H-pyrrole nitrogens is 1. The van der Waals surface area contributed by atoms with E-state index in [1.165, 1.54) is 24.3 Å². The Balaban J connectivity index is 1.65. The zero-order valence-electron chi connectivity index (χ0n) is 16.0. The number of piperidine rings is 1. The number of carbonyl (C=O) groups is 2. The maximum atomic E-state index is 13.1. The van der Waals surface area contributed by atoms with Crippen LogP contribution in [-0.2, 0) is 9.59 Å². The predicted octanol–water partition coefficient (Wildman–Crippen LogP) is 2.35. The molecule has 29 heavy (non-hydrogen) atoms. The summed E-state index contributed by atoms with van der Waals surface area (Å²) in [5.41, 5.74) is 0.0757. The van der Waals surface area contributed by atoms with Gasteiger partial charge in [0.2, 0.25) is 17.8 Å². The van der Waals surface area contributed by atoms with E-state index in [1.807, 2.05) is 4.90 Å². The van der Waals surface area contributed by atoms with Gasteiger partial charge in [0.25, 0.3) is 5.56 Å². The number of benzene rings is 1. The van der Waals surface area contributed by atoms with Gasteiger partial charge in [-0.05, 0) is 50.5 Å². The minimum atomic E-state index is -0.979. The molecule has 2 aliphatic heterocycles. The molecule has 1 aromatic carbocycles. The van der Waals surface area contributed by atoms with Crippen molar-refractivity contribution in [1.29, 1.82) is 0 Å². The molecule has 2 aliphatic rings. The molecule has 2 atom stereocenters. The molecule has 1 fully saturated rings. The third-order valence-electron chi connectivity index (χ3n) is 5.44. The summed E-state index contributed by atoms with van der Waals surface area (Å²) in [4.78, 5) is 47.1. The van der Waals surface area contributed by atoms with Crippen LogP contribution in [0.15, 0.2) is 29.1 Å². The summed E-state index contributed by atoms with van der Waals surface area (Å²) in [7, 11) is 0. The highest BCUT2D eigenvalue weighted by Gasteiger charge is 2.35. The number of aromatic nitrogens is 2. The Hall–Kier alpha value is -3.23. The van der Waals surface area contributed by atoms with E-state index < -0.39 is 23.2 Å². The Labute approximate surface area is 166 Å². The first kappa shape index (κ1) is 19.1. The molecule has 2 unspecified atom stereocenters. The fraction of sp³-hybridized carbons (Fsp3) is 0.400. The first-order valence-corrected chi connectivity index (χ1v) is 9.69. The van der Waals surface area contributed by atoms with Crippen LogP contribution in [-0.4, -0.2) is 34.4 Å². The zero-order chi connectivity index (χ0) is 20.5. The number of hydrogen-bond acceptors (Lipinski definition) is 5. The van der Waals surface area contributed by atoms with Crippen LogP contribution in [0.25, 0.3) is 0 Å². The lowest BCUT2D eigenvalue weighted by atomic mass is 9.92. The minimum absolute atomic E-state index is 0.122. The van der Waals surface area contributed by atoms with E-state index in [-0.39, 0.29) is 29.8 Å². The summed E-state index contributed by atoms with van der Waals surface area (Å²) >= 11 is 0. The van der Waals surface area contributed by atoms with Crippen molar-refractivity contribution in [2.45, 2.75) is 44.6 Å². The molecule has 2 amide bonds. The smallest absolute Gasteiger partial charge is 0.258 e. The quantitative estimate of drug-likeness (QED) is 0.734. The maximum absolute atomic E-state index is 13.1. The molecule has 1 saturated heterocycles. The second-order valence-electron chi connectivity index (χ2n) is 7.49. The van der Waals surface area contributed by atoms with Crippen molar-refractivity contribution >= 4 is 29.3 Å². The second-order valence-corrected chi connectivity index (χ2v) is 7.49. The number of nitrogens with zero attached hydrogens (tertiary/aromatic N) is 2. The van der Waals surface area contributed by atoms with Crippen molar-refractivity contribution in [2.75, 3.05) is 22.1 Å². The van der Waals surface area contributed by atoms with Crippen molar-refractivity contribution in [3.63, 3.8) is 0 Å². The number of aromatic amines is 1. The summed E-state index contributed by atoms with van der Waals surface area (Å²) in [6.45, 7) is 2.83. The summed E-state index contributed by atoms with van der Waals surface area (Å²) < 4.78 is 13.1. The monoisotopic (exact) mass is 399 g/mol. The van der Waals surface area contributed by atoms with Crippen molar-refractivity contribution in [3.8, 4) is 0 Å². The molecule has 152 valence electrons. The third kappa shape index (κ3) is 3.85. The standard InChI is InChI=1S/C20H22FN5O3/c1-11-4-2-3-9-26(11)20-24-17-16(19(29)25-20)14(10-15(27)23-17)18(28)22-13-7-5-12(21)6-8-13/h5-8,11,14H,2-4,9-10H2,1H3,(H,22,28)(H2,23,24,25,27,29). The van der Waals surface area contributed by atoms with Crippen LogP contribution < -0.4 is 21.1 Å². The van der Waals surface area contributed by atoms with E-state index in [0.29, 0.717) is 11.6 Å². The van der Waals surface area contributed by atoms with Gasteiger partial charge in [0, 0.05) is 24.7 Å². The molecule has 0 spiro atoms. The first-order valence-electron chi connectivity index (χ1n) is 9.69. The van der Waals surface area contributed by atoms with Gasteiger partial charge in [-0.25, -0.2) is 4.39 Å². The number of nitrogens with one attached hydrogen (secondary N) is 3. The molecule has 9 heteroatoms. The number of fused-ring (bicyclic) bond motifs is 1. The van der Waals surface area contributed by atoms with Gasteiger partial charge in [-0.2, -0.15) is 4.98 Å². The van der Waals surface area contributed by atoms with Crippen LogP contribution in [0.3, 0.4) is 0 Å². The van der Waals surface area contributed by atoms with Gasteiger partial charge in [0.1, 0.15) is 11.6 Å². The zero-order valence-corrected chi connectivity index (χ0v) is 16.0. The van der Waals surface area contributed by atoms with Gasteiger partial charge in [-0.15, -0.1) is 0 Å². The van der Waals surface area contributed by atoms with Gasteiger partial charge in [-0.3, -0.25) is 19.4 Å². The number of amides is 2. The van der Waals surface area contributed by atoms with Crippen LogP contribution in [0, 0.1) is 5.82 Å². The van der Waals surface area contributed by atoms with Crippen LogP contribution >= 0.6 is 0 Å². The van der Waals surface area contributed by atoms with E-state index in [9.17, 15) is 18.8 Å². The number of carbonyl (C=O) groups excluding carboxylic acids is 2. The van der Waals surface area contributed by atoms with E-state index in [4.69, 9.17) is 0 Å². The van der Waals surface area contributed by atoms with Crippen LogP contribution in [0.1, 0.15) is 44.1 Å². The van der Waals surface area contributed by atoms with Crippen molar-refractivity contribution in [3.05, 3.63) is 46.0 Å². The lowest BCUT2D eigenvalue weighted by Gasteiger charge is -2.34. The van der Waals surface area contributed by atoms with Crippen LogP contribution in [0.2, 0.25) is 0 Å². The number of anilines is 3. The molecule has 1 aromatic heterocycles. The molecule has 0 aliphatic carbocycles. The van der Waals surface area contributed by atoms with Gasteiger partial charge in [0.05, 0.1) is 11.5 Å². The molecule has 2 aromatic rings. The second kappa shape index (κ2) is 7.65. The average Bonchev–Trinajstić information content (AvgIpc) is 2.69. The van der Waals surface area contributed by atoms with Crippen molar-refractivity contribution < 1.29 is 14.0 Å². The normalized spacial score (nSPS) is 21.3. The molecule has 0 radical (unpaired) electrons. The predicted molar refractivity (Wildman–Crippen MR) is 107 cm³/mol. The fourth-order valence-electron chi connectivity index (χ4n) is 3.89. The van der Waals surface area contributed by atoms with Crippen molar-refractivity contribution in [2.24, 2.45) is 0 Å². The van der Waals surface area contributed by atoms with Gasteiger partial charge < -0.3 is 15.5 Å². The Morgan fingerprint density at radius 2 is 2.00 bits per heavy atom. The fourth-order valence-corrected chi connectivity index (χ4v) is 3.89. The Bertz CT molecular complexity index is 1000. The Morgan fingerprint density at radius 1 is 1.24 bits per heavy atom. The topological polar surface area (TPSA) is 107 Å². The SMILES string of the molecule is CC1CCCCN1c1nc2c(c(=O)[nH]1)C(C(=O)Nc1ccc(F)cc1)CC(=O)N2. The van der Waals surface area contributed by atoms with Gasteiger partial charge in [0.15, 0.2) is 0 Å². The summed E-state index contributed by atoms with van der Waals surface area (Å²) in [6.07, 6.45) is 2.95. The van der Waals surface area contributed by atoms with Gasteiger partial charge in [-0.1, -0.05) is 0 Å². The molecular formula is C20H22FN5O3. The average molecular weight is 399 g/mol. The Morgan fingerprint density at radius 3 is 2.72 bits per heavy atom. The van der Waals surface area contributed by atoms with E-state index in [0.717, 1.165) is 25.8 Å². The largest absolute Gasteiger partial charge is 0.340 e. The van der Waals surface area contributed by atoms with E-state index >= 15 is 0 Å². The molecule has 0 bridgehead atoms. The highest BCUT2D eigenvalue weighted by molar-refractivity contribution is 6.04. The third-order valence-corrected chi connectivity index (χ3v) is 5.44. The lowest BCUT2D eigenvalue weighted by Crippen LogP contribution is -2.41. The summed E-state index contributed by atoms with van der Waals surface area (Å²) in [5, 5.41) is 5.26. The molecule has 3 heterocycles. The van der Waals surface area contributed by atoms with Crippen molar-refractivity contribution in [1.82, 2.24) is 9.97 Å². The Kier molecular flexibility index (Phi) is 5.04.